The van der Waals surface area contributed by atoms with E-state index in [0.717, 1.165) is 4.76 Å². The fraction of sp³-hybridized carbons (Fsp3) is 0.900. The lowest BCUT2D eigenvalue weighted by Crippen LogP contribution is -2.42. The summed E-state index contributed by atoms with van der Waals surface area (Å²) in [4.78, 5) is 23.4. The molecule has 14 heavy (non-hydrogen) atoms. The summed E-state index contributed by atoms with van der Waals surface area (Å²) >= 11 is 0. The van der Waals surface area contributed by atoms with Crippen LogP contribution in [-0.4, -0.2) is 28.9 Å². The van der Waals surface area contributed by atoms with Gasteiger partial charge in [0, 0.05) is 43.8 Å². The average Bonchev–Trinajstić information content (AvgIpc) is 2.25. The third kappa shape index (κ3) is 1.42. The van der Waals surface area contributed by atoms with Gasteiger partial charge in [0.1, 0.15) is 5.92 Å². The quantitative estimate of drug-likeness (QED) is 0.476. The number of rotatable bonds is 1. The summed E-state index contributed by atoms with van der Waals surface area (Å²) in [6.45, 7) is 7.28. The number of nitroso groups, excluding NO2 is 1. The van der Waals surface area contributed by atoms with Gasteiger partial charge in [0.05, 0.1) is 7.11 Å². The summed E-state index contributed by atoms with van der Waals surface area (Å²) in [5.41, 5.74) is -1.15. The van der Waals surface area contributed by atoms with Gasteiger partial charge in [-0.05, 0) is 0 Å². The van der Waals surface area contributed by atoms with Crippen molar-refractivity contribution in [1.29, 1.82) is 0 Å². The molecule has 1 unspecified atom stereocenters. The van der Waals surface area contributed by atoms with Crippen LogP contribution in [0.5, 0.6) is 0 Å². The van der Waals surface area contributed by atoms with Crippen molar-refractivity contribution in [3.63, 3.8) is 0 Å². The molecule has 0 radical (unpaired) electrons. The molecule has 0 bridgehead atoms. The first kappa shape index (κ1) is 11.1. The van der Waals surface area contributed by atoms with E-state index in [-0.39, 0.29) is 11.9 Å². The monoisotopic (exact) mass is 200 g/mol. The first-order chi connectivity index (χ1) is 6.23. The fourth-order valence-corrected chi connectivity index (χ4v) is 2.27. The van der Waals surface area contributed by atoms with Gasteiger partial charge >= 0.3 is 5.97 Å². The Hall–Kier alpha value is -0.930. The van der Waals surface area contributed by atoms with Crippen LogP contribution in [0.1, 0.15) is 34.1 Å². The topological polar surface area (TPSA) is 46.4 Å². The molecule has 4 heteroatoms. The number of nitrogens with zero attached hydrogens (tertiary/aromatic N) is 1. The summed E-state index contributed by atoms with van der Waals surface area (Å²) in [5, 5.41) is 0. The Morgan fingerprint density at radius 2 is 1.86 bits per heavy atom. The third-order valence-corrected chi connectivity index (χ3v) is 3.12. The number of carbonyl (C=O) groups is 1. The summed E-state index contributed by atoms with van der Waals surface area (Å²) in [6.07, 6.45) is 0.552. The largest absolute Gasteiger partial charge is 0.469 e. The van der Waals surface area contributed by atoms with Crippen molar-refractivity contribution in [2.45, 2.75) is 45.2 Å². The predicted molar refractivity (Wildman–Crippen MR) is 51.9 cm³/mol. The molecule has 0 saturated carbocycles. The van der Waals surface area contributed by atoms with E-state index in [1.807, 2.05) is 13.8 Å². The molecule has 1 atom stereocenters. The number of methoxy groups -OCH3 is 1. The molecule has 1 aliphatic heterocycles. The van der Waals surface area contributed by atoms with Crippen LogP contribution in [0.15, 0.2) is 0 Å². The van der Waals surface area contributed by atoms with E-state index in [1.165, 1.54) is 7.11 Å². The summed E-state index contributed by atoms with van der Waals surface area (Å²) in [7, 11) is 1.36. The maximum absolute atomic E-state index is 11.9. The standard InChI is InChI=1S/C10H18NO3/c1-9(2)6-7(8(12)14-5)10(3,4)11(9)13/h7H,6H2,1-5H3/q+1. The third-order valence-electron chi connectivity index (χ3n) is 3.12. The molecule has 0 aliphatic carbocycles. The van der Waals surface area contributed by atoms with Crippen LogP contribution < -0.4 is 0 Å². The van der Waals surface area contributed by atoms with Crippen molar-refractivity contribution < 1.29 is 14.3 Å². The number of esters is 1. The van der Waals surface area contributed by atoms with Gasteiger partial charge in [0.15, 0.2) is 0 Å². The second-order valence-electron chi connectivity index (χ2n) is 5.04. The Kier molecular flexibility index (Phi) is 2.42. The molecule has 1 aliphatic rings. The van der Waals surface area contributed by atoms with Crippen molar-refractivity contribution in [3.8, 4) is 0 Å². The maximum Gasteiger partial charge on any atom is 0.316 e. The second kappa shape index (κ2) is 3.04. The van der Waals surface area contributed by atoms with Crippen LogP contribution in [0.25, 0.3) is 0 Å². The molecule has 0 aromatic heterocycles. The van der Waals surface area contributed by atoms with Gasteiger partial charge < -0.3 is 4.74 Å². The highest BCUT2D eigenvalue weighted by Crippen LogP contribution is 2.41. The molecule has 1 saturated heterocycles. The Balaban J connectivity index is 3.03. The van der Waals surface area contributed by atoms with Crippen LogP contribution >= 0.6 is 0 Å². The van der Waals surface area contributed by atoms with Crippen molar-refractivity contribution in [2.24, 2.45) is 5.92 Å². The Bertz CT molecular complexity index is 281. The van der Waals surface area contributed by atoms with E-state index >= 15 is 0 Å². The van der Waals surface area contributed by atoms with Crippen molar-refractivity contribution in [3.05, 3.63) is 4.91 Å². The molecule has 0 aromatic carbocycles. The van der Waals surface area contributed by atoms with Crippen LogP contribution in [0.3, 0.4) is 0 Å². The van der Waals surface area contributed by atoms with Crippen molar-refractivity contribution >= 4 is 5.97 Å². The van der Waals surface area contributed by atoms with Gasteiger partial charge in [-0.1, -0.05) is 0 Å². The molecule has 0 amide bonds. The van der Waals surface area contributed by atoms with Gasteiger partial charge in [-0.15, -0.1) is 0 Å². The minimum atomic E-state index is -0.670. The Morgan fingerprint density at radius 3 is 2.14 bits per heavy atom. The van der Waals surface area contributed by atoms with Crippen molar-refractivity contribution in [2.75, 3.05) is 7.11 Å². The first-order valence-electron chi connectivity index (χ1n) is 4.79. The van der Waals surface area contributed by atoms with Gasteiger partial charge in [-0.25, -0.2) is 0 Å². The molecular formula is C10H18NO3+. The molecule has 1 rings (SSSR count). The molecule has 0 spiro atoms. The first-order valence-corrected chi connectivity index (χ1v) is 4.79. The minimum Gasteiger partial charge on any atom is -0.469 e. The van der Waals surface area contributed by atoms with Crippen molar-refractivity contribution in [1.82, 2.24) is 0 Å². The second-order valence-corrected chi connectivity index (χ2v) is 5.04. The molecule has 4 nitrogen and oxygen atoms in total. The van der Waals surface area contributed by atoms with Gasteiger partial charge in [0.2, 0.25) is 11.1 Å². The predicted octanol–water partition coefficient (Wildman–Crippen LogP) is 1.52. The van der Waals surface area contributed by atoms with Gasteiger partial charge in [-0.3, -0.25) is 4.79 Å². The Morgan fingerprint density at radius 1 is 1.36 bits per heavy atom. The van der Waals surface area contributed by atoms with Gasteiger partial charge in [0.25, 0.3) is 0 Å². The number of carbonyl (C=O) groups excluding carboxylic acids is 1. The van der Waals surface area contributed by atoms with E-state index in [9.17, 15) is 9.70 Å². The smallest absolute Gasteiger partial charge is 0.316 e. The van der Waals surface area contributed by atoms with E-state index in [2.05, 4.69) is 0 Å². The number of hydrogen-bond acceptors (Lipinski definition) is 3. The summed E-state index contributed by atoms with van der Waals surface area (Å²) in [5.74, 6) is -0.624. The highest BCUT2D eigenvalue weighted by molar-refractivity contribution is 5.74. The lowest BCUT2D eigenvalue weighted by Gasteiger charge is -2.16. The van der Waals surface area contributed by atoms with E-state index in [0.29, 0.717) is 6.42 Å². The molecule has 1 fully saturated rings. The van der Waals surface area contributed by atoms with Crippen LogP contribution in [0.4, 0.5) is 0 Å². The zero-order valence-corrected chi connectivity index (χ0v) is 9.46. The average molecular weight is 200 g/mol. The van der Waals surface area contributed by atoms with Gasteiger partial charge in [-0.2, -0.15) is 0 Å². The molecular weight excluding hydrogens is 182 g/mol. The lowest BCUT2D eigenvalue weighted by molar-refractivity contribution is -0.660. The van der Waals surface area contributed by atoms with Crippen LogP contribution in [0, 0.1) is 10.8 Å². The zero-order chi connectivity index (χ0) is 11.1. The highest BCUT2D eigenvalue weighted by Gasteiger charge is 2.63. The number of hydrogen-bond donors (Lipinski definition) is 0. The molecule has 0 N–H and O–H groups in total. The maximum atomic E-state index is 11.9. The van der Waals surface area contributed by atoms with Crippen LogP contribution in [0.2, 0.25) is 0 Å². The highest BCUT2D eigenvalue weighted by atomic mass is 16.5. The minimum absolute atomic E-state index is 0.290. The zero-order valence-electron chi connectivity index (χ0n) is 9.46. The fourth-order valence-electron chi connectivity index (χ4n) is 2.27. The SMILES string of the molecule is COC(=O)C1CC(C)(C)[N+](=O)C1(C)C. The molecule has 1 heterocycles. The molecule has 80 valence electrons. The summed E-state index contributed by atoms with van der Waals surface area (Å²) in [6, 6.07) is 0. The summed E-state index contributed by atoms with van der Waals surface area (Å²) < 4.78 is 5.72. The molecule has 0 aromatic rings. The van der Waals surface area contributed by atoms with Crippen LogP contribution in [-0.2, 0) is 9.53 Å². The Labute approximate surface area is 84.2 Å². The van der Waals surface area contributed by atoms with E-state index < -0.39 is 11.1 Å². The lowest BCUT2D eigenvalue weighted by atomic mass is 9.87. The normalized spacial score (nSPS) is 28.9. The van der Waals surface area contributed by atoms with E-state index in [1.54, 1.807) is 13.8 Å². The number of ether oxygens (including phenoxy) is 1. The van der Waals surface area contributed by atoms with E-state index in [4.69, 9.17) is 4.74 Å².